The van der Waals surface area contributed by atoms with Gasteiger partial charge in [0.25, 0.3) is 0 Å². The Morgan fingerprint density at radius 2 is 2.08 bits per heavy atom. The van der Waals surface area contributed by atoms with Gasteiger partial charge in [-0.2, -0.15) is 5.10 Å². The Morgan fingerprint density at radius 3 is 2.75 bits per heavy atom. The van der Waals surface area contributed by atoms with Crippen LogP contribution in [0.2, 0.25) is 0 Å². The number of nitrogens with one attached hydrogen (secondary N) is 1. The number of hydrogen-bond acceptors (Lipinski definition) is 4. The van der Waals surface area contributed by atoms with Gasteiger partial charge in [0, 0.05) is 37.1 Å². The molecule has 8 heteroatoms. The largest absolute Gasteiger partial charge is 0.465 e. The molecule has 0 fully saturated rings. The minimum Gasteiger partial charge on any atom is -0.465 e. The van der Waals surface area contributed by atoms with Crippen LogP contribution in [0.25, 0.3) is 11.3 Å². The van der Waals surface area contributed by atoms with Gasteiger partial charge in [-0.25, -0.2) is 9.18 Å². The molecule has 0 saturated carbocycles. The fourth-order valence-corrected chi connectivity index (χ4v) is 2.10. The van der Waals surface area contributed by atoms with Crippen molar-refractivity contribution in [1.29, 1.82) is 0 Å². The Labute approximate surface area is 136 Å². The predicted octanol–water partition coefficient (Wildman–Crippen LogP) is 3.50. The predicted molar refractivity (Wildman–Crippen MR) is 84.6 cm³/mol. The van der Waals surface area contributed by atoms with Crippen LogP contribution in [0.4, 0.5) is 14.9 Å². The summed E-state index contributed by atoms with van der Waals surface area (Å²) in [5.74, 6) is -0.00888. The van der Waals surface area contributed by atoms with E-state index in [0.717, 1.165) is 11.6 Å². The standard InChI is InChI=1S/C16H13FN4O3/c1-21-9-10(8-19-21)15-7-12(4-5-18-15)24-11-2-3-14(13(17)6-11)20-16(22)23/h2-9,20H,1H3,(H,22,23). The summed E-state index contributed by atoms with van der Waals surface area (Å²) in [7, 11) is 1.80. The van der Waals surface area contributed by atoms with Crippen LogP contribution in [0, 0.1) is 5.82 Å². The number of carboxylic acid groups (broad SMARTS) is 1. The van der Waals surface area contributed by atoms with Crippen LogP contribution in [0.15, 0.2) is 48.9 Å². The number of aromatic nitrogens is 3. The third-order valence-corrected chi connectivity index (χ3v) is 3.15. The van der Waals surface area contributed by atoms with Gasteiger partial charge in [-0.1, -0.05) is 0 Å². The molecule has 2 aromatic heterocycles. The highest BCUT2D eigenvalue weighted by Gasteiger charge is 2.09. The molecule has 1 aromatic carbocycles. The summed E-state index contributed by atoms with van der Waals surface area (Å²) in [4.78, 5) is 14.8. The van der Waals surface area contributed by atoms with Crippen LogP contribution in [-0.4, -0.2) is 26.0 Å². The Hall–Kier alpha value is -3.42. The van der Waals surface area contributed by atoms with Crippen molar-refractivity contribution in [1.82, 2.24) is 14.8 Å². The molecule has 122 valence electrons. The summed E-state index contributed by atoms with van der Waals surface area (Å²) in [6.07, 6.45) is 3.74. The van der Waals surface area contributed by atoms with E-state index in [1.807, 2.05) is 11.5 Å². The lowest BCUT2D eigenvalue weighted by atomic mass is 10.2. The first-order valence-electron chi connectivity index (χ1n) is 6.94. The van der Waals surface area contributed by atoms with Crippen LogP contribution in [0.1, 0.15) is 0 Å². The summed E-state index contributed by atoms with van der Waals surface area (Å²) < 4.78 is 21.1. The molecule has 2 heterocycles. The van der Waals surface area contributed by atoms with Gasteiger partial charge >= 0.3 is 6.09 Å². The van der Waals surface area contributed by atoms with Crippen molar-refractivity contribution >= 4 is 11.8 Å². The third kappa shape index (κ3) is 3.49. The highest BCUT2D eigenvalue weighted by Crippen LogP contribution is 2.27. The van der Waals surface area contributed by atoms with Gasteiger partial charge in [0.05, 0.1) is 17.6 Å². The summed E-state index contributed by atoms with van der Waals surface area (Å²) >= 11 is 0. The number of benzene rings is 1. The summed E-state index contributed by atoms with van der Waals surface area (Å²) in [5, 5.41) is 14.7. The molecule has 0 aliphatic carbocycles. The van der Waals surface area contributed by atoms with Crippen molar-refractivity contribution < 1.29 is 19.0 Å². The smallest absolute Gasteiger partial charge is 0.409 e. The highest BCUT2D eigenvalue weighted by atomic mass is 19.1. The first kappa shape index (κ1) is 15.5. The van der Waals surface area contributed by atoms with Gasteiger partial charge in [-0.15, -0.1) is 0 Å². The van der Waals surface area contributed by atoms with Gasteiger partial charge in [0.2, 0.25) is 0 Å². The van der Waals surface area contributed by atoms with E-state index in [4.69, 9.17) is 9.84 Å². The van der Waals surface area contributed by atoms with Crippen LogP contribution in [0.3, 0.4) is 0 Å². The monoisotopic (exact) mass is 328 g/mol. The second-order valence-electron chi connectivity index (χ2n) is 4.95. The molecular weight excluding hydrogens is 315 g/mol. The average molecular weight is 328 g/mol. The third-order valence-electron chi connectivity index (χ3n) is 3.15. The lowest BCUT2D eigenvalue weighted by Crippen LogP contribution is -2.08. The highest BCUT2D eigenvalue weighted by molar-refractivity contribution is 5.83. The van der Waals surface area contributed by atoms with E-state index in [1.165, 1.54) is 12.1 Å². The van der Waals surface area contributed by atoms with Crippen molar-refractivity contribution in [2.24, 2.45) is 7.05 Å². The second kappa shape index (κ2) is 6.37. The lowest BCUT2D eigenvalue weighted by molar-refractivity contribution is 0.209. The fraction of sp³-hybridized carbons (Fsp3) is 0.0625. The van der Waals surface area contributed by atoms with Gasteiger partial charge in [0.15, 0.2) is 5.82 Å². The Bertz CT molecular complexity index is 895. The quantitative estimate of drug-likeness (QED) is 0.765. The van der Waals surface area contributed by atoms with Gasteiger partial charge < -0.3 is 9.84 Å². The van der Waals surface area contributed by atoms with Crippen molar-refractivity contribution in [3.63, 3.8) is 0 Å². The Kier molecular flexibility index (Phi) is 4.11. The van der Waals surface area contributed by atoms with Crippen molar-refractivity contribution in [2.75, 3.05) is 5.32 Å². The molecule has 2 N–H and O–H groups in total. The van der Waals surface area contributed by atoms with Crippen LogP contribution in [-0.2, 0) is 7.05 Å². The van der Waals surface area contributed by atoms with E-state index >= 15 is 0 Å². The molecule has 0 aliphatic heterocycles. The van der Waals surface area contributed by atoms with E-state index in [0.29, 0.717) is 11.4 Å². The average Bonchev–Trinajstić information content (AvgIpc) is 2.97. The van der Waals surface area contributed by atoms with Crippen LogP contribution >= 0.6 is 0 Å². The minimum atomic E-state index is -1.34. The number of rotatable bonds is 4. The zero-order chi connectivity index (χ0) is 17.1. The van der Waals surface area contributed by atoms with E-state index in [-0.39, 0.29) is 11.4 Å². The maximum Gasteiger partial charge on any atom is 0.409 e. The van der Waals surface area contributed by atoms with Crippen molar-refractivity contribution in [3.05, 3.63) is 54.7 Å². The molecule has 1 amide bonds. The van der Waals surface area contributed by atoms with E-state index < -0.39 is 11.9 Å². The summed E-state index contributed by atoms with van der Waals surface area (Å²) in [5.41, 5.74) is 1.36. The van der Waals surface area contributed by atoms with Gasteiger partial charge in [0.1, 0.15) is 11.5 Å². The van der Waals surface area contributed by atoms with E-state index in [1.54, 1.807) is 36.3 Å². The number of nitrogens with zero attached hydrogens (tertiary/aromatic N) is 3. The van der Waals surface area contributed by atoms with Crippen molar-refractivity contribution in [3.8, 4) is 22.8 Å². The number of halogens is 1. The maximum atomic E-state index is 13.8. The number of amides is 1. The first-order chi connectivity index (χ1) is 11.5. The number of aryl methyl sites for hydroxylation is 1. The minimum absolute atomic E-state index is 0.138. The topological polar surface area (TPSA) is 89.3 Å². The molecule has 0 unspecified atom stereocenters. The summed E-state index contributed by atoms with van der Waals surface area (Å²) in [6.45, 7) is 0. The molecule has 0 radical (unpaired) electrons. The second-order valence-corrected chi connectivity index (χ2v) is 4.95. The normalized spacial score (nSPS) is 10.4. The molecule has 3 aromatic rings. The van der Waals surface area contributed by atoms with E-state index in [2.05, 4.69) is 10.1 Å². The number of hydrogen-bond donors (Lipinski definition) is 2. The van der Waals surface area contributed by atoms with Crippen LogP contribution in [0.5, 0.6) is 11.5 Å². The number of ether oxygens (including phenoxy) is 1. The first-order valence-corrected chi connectivity index (χ1v) is 6.94. The molecule has 7 nitrogen and oxygen atoms in total. The molecule has 0 bridgehead atoms. The van der Waals surface area contributed by atoms with E-state index in [9.17, 15) is 9.18 Å². The zero-order valence-corrected chi connectivity index (χ0v) is 12.6. The molecule has 3 rings (SSSR count). The fourth-order valence-electron chi connectivity index (χ4n) is 2.10. The summed E-state index contributed by atoms with van der Waals surface area (Å²) in [6, 6.07) is 7.22. The SMILES string of the molecule is Cn1cc(-c2cc(Oc3ccc(NC(=O)O)c(F)c3)ccn2)cn1. The molecule has 0 saturated heterocycles. The Morgan fingerprint density at radius 1 is 1.29 bits per heavy atom. The molecule has 0 spiro atoms. The van der Waals surface area contributed by atoms with Gasteiger partial charge in [-0.3, -0.25) is 15.0 Å². The zero-order valence-electron chi connectivity index (χ0n) is 12.6. The molecular formula is C16H13FN4O3. The molecule has 0 aliphatic rings. The molecule has 0 atom stereocenters. The van der Waals surface area contributed by atoms with Crippen molar-refractivity contribution in [2.45, 2.75) is 0 Å². The maximum absolute atomic E-state index is 13.8. The van der Waals surface area contributed by atoms with Gasteiger partial charge in [-0.05, 0) is 18.2 Å². The number of anilines is 1. The number of pyridine rings is 1. The van der Waals surface area contributed by atoms with Crippen LogP contribution < -0.4 is 10.1 Å². The lowest BCUT2D eigenvalue weighted by Gasteiger charge is -2.08. The molecule has 24 heavy (non-hydrogen) atoms. The number of carbonyl (C=O) groups is 1. The Balaban J connectivity index is 1.81.